The van der Waals surface area contributed by atoms with Crippen molar-refractivity contribution in [3.8, 4) is 0 Å². The average molecular weight is 237 g/mol. The van der Waals surface area contributed by atoms with Crippen molar-refractivity contribution in [2.24, 2.45) is 5.73 Å². The highest BCUT2D eigenvalue weighted by atomic mass is 31.3. The Morgan fingerprint density at radius 2 is 1.38 bits per heavy atom. The third kappa shape index (κ3) is 2.59. The quantitative estimate of drug-likeness (QED) is 0.316. The first-order chi connectivity index (χ1) is 5.56. The van der Waals surface area contributed by atoms with E-state index in [1.165, 1.54) is 0 Å². The molecule has 0 unspecified atom stereocenters. The van der Waals surface area contributed by atoms with Gasteiger partial charge in [-0.25, -0.2) is 0 Å². The lowest BCUT2D eigenvalue weighted by Gasteiger charge is -2.28. The summed E-state index contributed by atoms with van der Waals surface area (Å²) in [5.41, 5.74) is 4.86. The Bertz CT molecular complexity index is 243. The Kier molecular flexibility index (Phi) is 3.83. The van der Waals surface area contributed by atoms with Crippen LogP contribution < -0.4 is 5.73 Å². The molecule has 0 heterocycles. The molecular weight excluding hydrogens is 226 g/mol. The first kappa shape index (κ1) is 13.2. The molecule has 0 aromatic heterocycles. The molecule has 0 aromatic rings. The Labute approximate surface area is 73.7 Å². The fourth-order valence-electron chi connectivity index (χ4n) is 0.655. The van der Waals surface area contributed by atoms with E-state index in [2.05, 4.69) is 0 Å². The highest BCUT2D eigenvalue weighted by Gasteiger charge is 2.58. The number of rotatable bonds is 4. The van der Waals surface area contributed by atoms with Crippen LogP contribution in [0.1, 0.15) is 6.42 Å². The molecule has 0 radical (unpaired) electrons. The zero-order valence-electron chi connectivity index (χ0n) is 6.44. The molecule has 13 heavy (non-hydrogen) atoms. The first-order valence-electron chi connectivity index (χ1n) is 3.10. The molecule has 0 aliphatic carbocycles. The second kappa shape index (κ2) is 3.76. The minimum absolute atomic E-state index is 0.452. The minimum Gasteiger partial charge on any atom is -0.367 e. The summed E-state index contributed by atoms with van der Waals surface area (Å²) in [6.07, 6.45) is -0.873. The molecule has 0 spiro atoms. The second-order valence-corrected chi connectivity index (χ2v) is 6.41. The molecule has 0 saturated carbocycles. The van der Waals surface area contributed by atoms with E-state index in [4.69, 9.17) is 30.4 Å². The third-order valence-corrected chi connectivity index (χ3v) is 5.29. The SMILES string of the molecule is NCC[14C](O)(P(=O)(O)O)P(=O)(O)O. The third-order valence-electron chi connectivity index (χ3n) is 1.41. The number of hydrogen-bond donors (Lipinski definition) is 6. The Hall–Kier alpha value is 0.220. The number of hydrogen-bond acceptors (Lipinski definition) is 4. The molecule has 0 bridgehead atoms. The molecular formula is C3H11NO7P2. The maximum atomic E-state index is 10.6. The van der Waals surface area contributed by atoms with Crippen molar-refractivity contribution >= 4 is 15.2 Å². The van der Waals surface area contributed by atoms with Crippen LogP contribution in [0.3, 0.4) is 0 Å². The van der Waals surface area contributed by atoms with Crippen molar-refractivity contribution in [2.45, 2.75) is 11.5 Å². The minimum atomic E-state index is -5.31. The smallest absolute Gasteiger partial charge is 0.367 e. The first-order valence-corrected chi connectivity index (χ1v) is 6.32. The molecule has 0 aliphatic heterocycles. The number of aliphatic hydroxyl groups is 1. The van der Waals surface area contributed by atoms with Crippen LogP contribution in [0.2, 0.25) is 0 Å². The van der Waals surface area contributed by atoms with E-state index in [1.54, 1.807) is 0 Å². The van der Waals surface area contributed by atoms with E-state index in [1.807, 2.05) is 0 Å². The van der Waals surface area contributed by atoms with Gasteiger partial charge in [0.1, 0.15) is 0 Å². The topological polar surface area (TPSA) is 161 Å². The molecule has 10 heteroatoms. The van der Waals surface area contributed by atoms with Crippen LogP contribution >= 0.6 is 15.2 Å². The predicted octanol–water partition coefficient (Wildman–Crippen LogP) is -1.66. The van der Waals surface area contributed by atoms with Crippen molar-refractivity contribution in [3.63, 3.8) is 0 Å². The Balaban J connectivity index is 5.22. The molecule has 7 N–H and O–H groups in total. The van der Waals surface area contributed by atoms with E-state index in [9.17, 15) is 9.13 Å². The van der Waals surface area contributed by atoms with Gasteiger partial charge in [0.15, 0.2) is 0 Å². The van der Waals surface area contributed by atoms with Crippen molar-refractivity contribution in [1.29, 1.82) is 0 Å². The van der Waals surface area contributed by atoms with Crippen molar-refractivity contribution in [1.82, 2.24) is 0 Å². The summed E-state index contributed by atoms with van der Waals surface area (Å²) >= 11 is 0. The summed E-state index contributed by atoms with van der Waals surface area (Å²) in [4.78, 5) is 34.1. The molecule has 0 rings (SSSR count). The molecule has 0 fully saturated rings. The fraction of sp³-hybridized carbons (Fsp3) is 1.00. The van der Waals surface area contributed by atoms with Gasteiger partial charge in [-0.15, -0.1) is 0 Å². The zero-order chi connectivity index (χ0) is 10.9. The largest absolute Gasteiger partial charge is 0.369 e. The molecule has 0 saturated heterocycles. The number of nitrogens with two attached hydrogens (primary N) is 1. The van der Waals surface area contributed by atoms with Crippen LogP contribution in [-0.4, -0.2) is 36.3 Å². The summed E-state index contributed by atoms with van der Waals surface area (Å²) in [7, 11) is -10.6. The molecule has 0 amide bonds. The van der Waals surface area contributed by atoms with Crippen molar-refractivity contribution in [3.05, 3.63) is 0 Å². The van der Waals surface area contributed by atoms with E-state index in [0.29, 0.717) is 0 Å². The van der Waals surface area contributed by atoms with Crippen molar-refractivity contribution in [2.75, 3.05) is 6.54 Å². The van der Waals surface area contributed by atoms with E-state index in [0.717, 1.165) is 0 Å². The standard InChI is InChI=1S/C3H11NO7P2/c4-2-1-3(5,12(6,7)8)13(9,10)11/h5H,1-2,4H2,(H2,6,7,8)(H2,9,10,11)/i3+2. The summed E-state index contributed by atoms with van der Waals surface area (Å²) in [5.74, 6) is 0. The van der Waals surface area contributed by atoms with Gasteiger partial charge in [0.25, 0.3) is 5.08 Å². The summed E-state index contributed by atoms with van der Waals surface area (Å²) in [5, 5.41) is 5.71. The highest BCUT2D eigenvalue weighted by Crippen LogP contribution is 2.68. The van der Waals surface area contributed by atoms with Crippen LogP contribution in [0.15, 0.2) is 0 Å². The van der Waals surface area contributed by atoms with Crippen LogP contribution in [0.4, 0.5) is 0 Å². The van der Waals surface area contributed by atoms with Gasteiger partial charge < -0.3 is 30.4 Å². The Morgan fingerprint density at radius 3 is 1.46 bits per heavy atom. The summed E-state index contributed by atoms with van der Waals surface area (Å²) < 4.78 is 21.2. The van der Waals surface area contributed by atoms with Gasteiger partial charge in [0.2, 0.25) is 0 Å². The lowest BCUT2D eigenvalue weighted by Crippen LogP contribution is -2.31. The maximum absolute atomic E-state index is 10.6. The Morgan fingerprint density at radius 1 is 1.08 bits per heavy atom. The molecule has 80 valence electrons. The predicted molar refractivity (Wildman–Crippen MR) is 42.7 cm³/mol. The summed E-state index contributed by atoms with van der Waals surface area (Å²) in [6, 6.07) is 0. The van der Waals surface area contributed by atoms with Crippen LogP contribution in [0.5, 0.6) is 0 Å². The second-order valence-electron chi connectivity index (χ2n) is 2.40. The van der Waals surface area contributed by atoms with Crippen LogP contribution in [-0.2, 0) is 9.13 Å². The van der Waals surface area contributed by atoms with Gasteiger partial charge in [-0.3, -0.25) is 9.13 Å². The fourth-order valence-corrected chi connectivity index (χ4v) is 2.85. The normalized spacial score (nSPS) is 14.6. The molecule has 8 nitrogen and oxygen atoms in total. The lowest BCUT2D eigenvalue weighted by molar-refractivity contribution is 0.125. The van der Waals surface area contributed by atoms with Gasteiger partial charge in [0.05, 0.1) is 0 Å². The van der Waals surface area contributed by atoms with E-state index in [-0.39, 0.29) is 0 Å². The molecule has 0 aliphatic rings. The van der Waals surface area contributed by atoms with Crippen LogP contribution in [0, 0.1) is 0 Å². The van der Waals surface area contributed by atoms with Crippen LogP contribution in [0.25, 0.3) is 0 Å². The van der Waals surface area contributed by atoms with E-state index >= 15 is 0 Å². The van der Waals surface area contributed by atoms with Gasteiger partial charge >= 0.3 is 15.2 Å². The lowest BCUT2D eigenvalue weighted by atomic mass is 10.7. The van der Waals surface area contributed by atoms with Gasteiger partial charge in [-0.05, 0) is 6.54 Å². The average Bonchev–Trinajstić information content (AvgIpc) is 1.82. The highest BCUT2D eigenvalue weighted by molar-refractivity contribution is 7.72. The monoisotopic (exact) mass is 237 g/mol. The van der Waals surface area contributed by atoms with E-state index < -0.39 is 33.2 Å². The maximum Gasteiger partial charge on any atom is 0.369 e. The molecule has 0 atom stereocenters. The van der Waals surface area contributed by atoms with Gasteiger partial charge in [-0.2, -0.15) is 0 Å². The zero-order valence-corrected chi connectivity index (χ0v) is 8.23. The summed E-state index contributed by atoms with van der Waals surface area (Å²) in [6.45, 7) is -0.452. The molecule has 0 aromatic carbocycles. The van der Waals surface area contributed by atoms with Gasteiger partial charge in [0, 0.05) is 6.42 Å². The van der Waals surface area contributed by atoms with Gasteiger partial charge in [-0.1, -0.05) is 0 Å². The van der Waals surface area contributed by atoms with Crippen molar-refractivity contribution < 1.29 is 33.8 Å².